The molecule has 0 spiro atoms. The highest BCUT2D eigenvalue weighted by atomic mass is 32.2. The van der Waals surface area contributed by atoms with E-state index < -0.39 is 41.1 Å². The molecule has 4 atom stereocenters. The van der Waals surface area contributed by atoms with E-state index in [1.807, 2.05) is 6.07 Å². The number of pyridine rings is 1. The lowest BCUT2D eigenvalue weighted by atomic mass is 9.95. The van der Waals surface area contributed by atoms with E-state index in [2.05, 4.69) is 16.7 Å². The van der Waals surface area contributed by atoms with Crippen LogP contribution in [-0.2, 0) is 33.3 Å². The Bertz CT molecular complexity index is 871. The van der Waals surface area contributed by atoms with Gasteiger partial charge >= 0.3 is 17.9 Å². The first-order chi connectivity index (χ1) is 14.7. The first-order valence-corrected chi connectivity index (χ1v) is 10.1. The van der Waals surface area contributed by atoms with E-state index in [9.17, 15) is 14.4 Å². The molecule has 1 aliphatic rings. The molecule has 0 N–H and O–H groups in total. The van der Waals surface area contributed by atoms with Gasteiger partial charge in [0.2, 0.25) is 0 Å². The fraction of sp³-hybridized carbons (Fsp3) is 0.500. The molecule has 1 aromatic rings. The van der Waals surface area contributed by atoms with Crippen molar-refractivity contribution in [3.63, 3.8) is 0 Å². The molecular formula is C20H23N3O7S. The van der Waals surface area contributed by atoms with E-state index in [-0.39, 0.29) is 25.3 Å². The van der Waals surface area contributed by atoms with E-state index in [1.165, 1.54) is 38.7 Å². The second-order valence-electron chi connectivity index (χ2n) is 6.77. The minimum Gasteiger partial charge on any atom is -0.463 e. The average molecular weight is 449 g/mol. The first-order valence-electron chi connectivity index (χ1n) is 9.31. The van der Waals surface area contributed by atoms with Crippen LogP contribution in [0, 0.1) is 11.3 Å². The first kappa shape index (κ1) is 24.3. The van der Waals surface area contributed by atoms with Gasteiger partial charge in [0, 0.05) is 38.3 Å². The summed E-state index contributed by atoms with van der Waals surface area (Å²) in [7, 11) is 0. The van der Waals surface area contributed by atoms with Crippen LogP contribution in [0.15, 0.2) is 28.2 Å². The Hall–Kier alpha value is -2.97. The van der Waals surface area contributed by atoms with Crippen molar-refractivity contribution >= 4 is 36.4 Å². The maximum absolute atomic E-state index is 11.6. The second-order valence-corrected chi connectivity index (χ2v) is 8.19. The van der Waals surface area contributed by atoms with Gasteiger partial charge in [-0.15, -0.1) is 0 Å². The van der Waals surface area contributed by atoms with Crippen LogP contribution < -0.4 is 0 Å². The molecule has 1 fully saturated rings. The summed E-state index contributed by atoms with van der Waals surface area (Å²) in [4.78, 5) is 42.1. The van der Waals surface area contributed by atoms with E-state index in [1.54, 1.807) is 12.1 Å². The van der Waals surface area contributed by atoms with Crippen molar-refractivity contribution in [1.29, 1.82) is 5.26 Å². The third-order valence-electron chi connectivity index (χ3n) is 4.27. The van der Waals surface area contributed by atoms with Crippen molar-refractivity contribution in [3.8, 4) is 6.07 Å². The topological polar surface area (TPSA) is 137 Å². The van der Waals surface area contributed by atoms with Crippen LogP contribution in [0.2, 0.25) is 0 Å². The minimum atomic E-state index is -1.16. The number of esters is 3. The number of nitriles is 1. The molecule has 1 saturated heterocycles. The Morgan fingerprint density at radius 3 is 2.52 bits per heavy atom. The number of hydrogen-bond donors (Lipinski definition) is 0. The van der Waals surface area contributed by atoms with Crippen LogP contribution in [0.5, 0.6) is 0 Å². The van der Waals surface area contributed by atoms with Gasteiger partial charge in [0.15, 0.2) is 11.0 Å². The Morgan fingerprint density at radius 2 is 2.00 bits per heavy atom. The standard InChI is InChI=1S/C20H23N3O7S/c1-12(24)27-10-18-19(29-14(3)26)17(22-4)7-20(30-18,11-28-13(2)25)31-16-6-5-15(8-21)23-9-16/h5-6,9,17-19H,4,7,10-11H2,1-3H3/t17?,18?,19-,20?/m1/s1. The van der Waals surface area contributed by atoms with Crippen molar-refractivity contribution in [1.82, 2.24) is 4.98 Å². The molecule has 1 aliphatic heterocycles. The quantitative estimate of drug-likeness (QED) is 0.327. The third kappa shape index (κ3) is 7.04. The Labute approximate surface area is 183 Å². The SMILES string of the molecule is C=NC1CC(COC(C)=O)(Sc2ccc(C#N)nc2)OC(COC(C)=O)[C@@H]1OC(C)=O. The molecule has 2 heterocycles. The van der Waals surface area contributed by atoms with Crippen molar-refractivity contribution in [2.24, 2.45) is 4.99 Å². The number of aromatic nitrogens is 1. The maximum Gasteiger partial charge on any atom is 0.303 e. The van der Waals surface area contributed by atoms with Gasteiger partial charge in [-0.25, -0.2) is 4.98 Å². The fourth-order valence-electron chi connectivity index (χ4n) is 3.04. The summed E-state index contributed by atoms with van der Waals surface area (Å²) in [5, 5.41) is 8.95. The van der Waals surface area contributed by atoms with Gasteiger partial charge in [-0.2, -0.15) is 5.26 Å². The van der Waals surface area contributed by atoms with Crippen LogP contribution >= 0.6 is 11.8 Å². The van der Waals surface area contributed by atoms with E-state index >= 15 is 0 Å². The molecule has 0 saturated carbocycles. The molecule has 166 valence electrons. The predicted octanol–water partition coefficient (Wildman–Crippen LogP) is 1.66. The molecular weight excluding hydrogens is 426 g/mol. The van der Waals surface area contributed by atoms with Gasteiger partial charge in [0.1, 0.15) is 31.1 Å². The number of carbonyl (C=O) groups excluding carboxylic acids is 3. The van der Waals surface area contributed by atoms with E-state index in [4.69, 9.17) is 24.2 Å². The van der Waals surface area contributed by atoms with Crippen molar-refractivity contribution in [2.45, 2.75) is 55.3 Å². The summed E-state index contributed by atoms with van der Waals surface area (Å²) in [5.74, 6) is -1.59. The highest BCUT2D eigenvalue weighted by molar-refractivity contribution is 8.00. The maximum atomic E-state index is 11.6. The highest BCUT2D eigenvalue weighted by Crippen LogP contribution is 2.44. The molecule has 0 aliphatic carbocycles. The predicted molar refractivity (Wildman–Crippen MR) is 109 cm³/mol. The molecule has 1 aromatic heterocycles. The summed E-state index contributed by atoms with van der Waals surface area (Å²) in [6.07, 6.45) is -0.0494. The number of carbonyl (C=O) groups is 3. The minimum absolute atomic E-state index is 0.150. The van der Waals surface area contributed by atoms with Crippen molar-refractivity contribution in [2.75, 3.05) is 13.2 Å². The molecule has 2 rings (SSSR count). The molecule has 0 aromatic carbocycles. The van der Waals surface area contributed by atoms with Crippen LogP contribution in [0.4, 0.5) is 0 Å². The third-order valence-corrected chi connectivity index (χ3v) is 5.50. The molecule has 11 heteroatoms. The smallest absolute Gasteiger partial charge is 0.303 e. The van der Waals surface area contributed by atoms with Crippen LogP contribution in [0.3, 0.4) is 0 Å². The molecule has 0 radical (unpaired) electrons. The van der Waals surface area contributed by atoms with Crippen LogP contribution in [-0.4, -0.2) is 66.0 Å². The summed E-state index contributed by atoms with van der Waals surface area (Å²) in [6, 6.07) is 4.56. The lowest BCUT2D eigenvalue weighted by Gasteiger charge is -2.45. The Kier molecular flexibility index (Phi) is 8.53. The largest absolute Gasteiger partial charge is 0.463 e. The molecule has 0 amide bonds. The monoisotopic (exact) mass is 449 g/mol. The number of rotatable bonds is 8. The lowest BCUT2D eigenvalue weighted by Crippen LogP contribution is -2.57. The Morgan fingerprint density at radius 1 is 1.29 bits per heavy atom. The lowest BCUT2D eigenvalue weighted by molar-refractivity contribution is -0.199. The number of aliphatic imine (C=N–C) groups is 1. The zero-order valence-corrected chi connectivity index (χ0v) is 18.2. The van der Waals surface area contributed by atoms with Crippen LogP contribution in [0.25, 0.3) is 0 Å². The summed E-state index contributed by atoms with van der Waals surface area (Å²) in [5.41, 5.74) is 0.247. The second kappa shape index (κ2) is 10.9. The molecule has 0 bridgehead atoms. The Balaban J connectivity index is 2.39. The van der Waals surface area contributed by atoms with E-state index in [0.717, 1.165) is 0 Å². The molecule has 31 heavy (non-hydrogen) atoms. The summed E-state index contributed by atoms with van der Waals surface area (Å²) in [6.45, 7) is 7.01. The van der Waals surface area contributed by atoms with Gasteiger partial charge in [-0.3, -0.25) is 19.4 Å². The van der Waals surface area contributed by atoms with Gasteiger partial charge in [-0.05, 0) is 18.9 Å². The highest BCUT2D eigenvalue weighted by Gasteiger charge is 2.50. The summed E-state index contributed by atoms with van der Waals surface area (Å²) >= 11 is 1.21. The van der Waals surface area contributed by atoms with Gasteiger partial charge in [0.05, 0.1) is 6.04 Å². The van der Waals surface area contributed by atoms with Gasteiger partial charge < -0.3 is 18.9 Å². The van der Waals surface area contributed by atoms with E-state index in [0.29, 0.717) is 4.90 Å². The van der Waals surface area contributed by atoms with Crippen LogP contribution in [0.1, 0.15) is 32.9 Å². The number of thioether (sulfide) groups is 1. The zero-order valence-electron chi connectivity index (χ0n) is 17.4. The number of nitrogens with zero attached hydrogens (tertiary/aromatic N) is 3. The van der Waals surface area contributed by atoms with Gasteiger partial charge in [-0.1, -0.05) is 11.8 Å². The van der Waals surface area contributed by atoms with Gasteiger partial charge in [0.25, 0.3) is 0 Å². The molecule has 3 unspecified atom stereocenters. The molecule has 10 nitrogen and oxygen atoms in total. The number of ether oxygens (including phenoxy) is 4. The average Bonchev–Trinajstić information content (AvgIpc) is 2.72. The normalized spacial score (nSPS) is 25.0. The number of hydrogen-bond acceptors (Lipinski definition) is 11. The zero-order chi connectivity index (χ0) is 23.0. The van der Waals surface area contributed by atoms with Crippen molar-refractivity contribution < 1.29 is 33.3 Å². The fourth-order valence-corrected chi connectivity index (χ4v) is 4.25. The van der Waals surface area contributed by atoms with Crippen molar-refractivity contribution in [3.05, 3.63) is 24.0 Å². The summed E-state index contributed by atoms with van der Waals surface area (Å²) < 4.78 is 22.0.